The van der Waals surface area contributed by atoms with E-state index in [1.807, 2.05) is 12.1 Å². The smallest absolute Gasteiger partial charge is 0.124 e. The van der Waals surface area contributed by atoms with Crippen LogP contribution in [0.25, 0.3) is 0 Å². The lowest BCUT2D eigenvalue weighted by molar-refractivity contribution is 0.407. The molecule has 0 radical (unpaired) electrons. The van der Waals surface area contributed by atoms with Crippen LogP contribution < -0.4 is 15.8 Å². The number of nitrogens with two attached hydrogens (primary N) is 1. The van der Waals surface area contributed by atoms with Crippen molar-refractivity contribution in [1.82, 2.24) is 0 Å². The molecule has 3 heteroatoms. The molecule has 70 valence electrons. The Morgan fingerprint density at radius 1 is 1.54 bits per heavy atom. The van der Waals surface area contributed by atoms with Gasteiger partial charge in [0.15, 0.2) is 0 Å². The highest BCUT2D eigenvalue weighted by Crippen LogP contribution is 2.29. The molecule has 0 fully saturated rings. The van der Waals surface area contributed by atoms with E-state index in [9.17, 15) is 0 Å². The number of anilines is 1. The topological polar surface area (TPSA) is 47.3 Å². The van der Waals surface area contributed by atoms with Crippen LogP contribution in [-0.2, 0) is 6.42 Å². The lowest BCUT2D eigenvalue weighted by atomic mass is 9.99. The lowest BCUT2D eigenvalue weighted by Crippen LogP contribution is -2.35. The van der Waals surface area contributed by atoms with Crippen molar-refractivity contribution in [3.8, 4) is 5.75 Å². The third-order valence-electron chi connectivity index (χ3n) is 2.37. The molecule has 0 saturated heterocycles. The molecule has 1 aliphatic heterocycles. The third kappa shape index (κ3) is 1.47. The molecule has 0 spiro atoms. The Hall–Kier alpha value is -1.22. The molecule has 0 aliphatic carbocycles. The van der Waals surface area contributed by atoms with Crippen LogP contribution >= 0.6 is 0 Å². The number of ether oxygens (including phenoxy) is 1. The van der Waals surface area contributed by atoms with Gasteiger partial charge in [-0.15, -0.1) is 0 Å². The molecule has 0 bridgehead atoms. The van der Waals surface area contributed by atoms with Gasteiger partial charge in [-0.1, -0.05) is 6.07 Å². The largest absolute Gasteiger partial charge is 0.496 e. The molecule has 1 atom stereocenters. The average Bonchev–Trinajstić information content (AvgIpc) is 2.17. The first kappa shape index (κ1) is 8.38. The van der Waals surface area contributed by atoms with Gasteiger partial charge in [-0.05, 0) is 18.6 Å². The van der Waals surface area contributed by atoms with E-state index in [1.54, 1.807) is 7.11 Å². The Kier molecular flexibility index (Phi) is 2.10. The first-order chi connectivity index (χ1) is 6.31. The minimum absolute atomic E-state index is 0.198. The quantitative estimate of drug-likeness (QED) is 0.674. The van der Waals surface area contributed by atoms with Crippen molar-refractivity contribution in [2.45, 2.75) is 12.5 Å². The molecule has 1 aliphatic rings. The summed E-state index contributed by atoms with van der Waals surface area (Å²) in [5.74, 6) is 0.931. The summed E-state index contributed by atoms with van der Waals surface area (Å²) in [7, 11) is 1.69. The van der Waals surface area contributed by atoms with E-state index in [0.29, 0.717) is 0 Å². The number of hydrogen-bond donors (Lipinski definition) is 2. The summed E-state index contributed by atoms with van der Waals surface area (Å²) < 4.78 is 5.27. The molecule has 2 rings (SSSR count). The molecule has 13 heavy (non-hydrogen) atoms. The summed E-state index contributed by atoms with van der Waals surface area (Å²) in [6.45, 7) is 0.847. The van der Waals surface area contributed by atoms with E-state index < -0.39 is 0 Å². The predicted molar refractivity (Wildman–Crippen MR) is 53.2 cm³/mol. The maximum atomic E-state index is 5.86. The third-order valence-corrected chi connectivity index (χ3v) is 2.37. The molecule has 1 aromatic rings. The van der Waals surface area contributed by atoms with Crippen LogP contribution in [0, 0.1) is 0 Å². The highest BCUT2D eigenvalue weighted by atomic mass is 16.5. The summed E-state index contributed by atoms with van der Waals surface area (Å²) in [4.78, 5) is 0. The minimum Gasteiger partial charge on any atom is -0.496 e. The number of benzene rings is 1. The van der Waals surface area contributed by atoms with Crippen LogP contribution in [0.3, 0.4) is 0 Å². The number of rotatable bonds is 1. The van der Waals surface area contributed by atoms with Crippen LogP contribution in [0.15, 0.2) is 18.2 Å². The van der Waals surface area contributed by atoms with Crippen molar-refractivity contribution in [2.24, 2.45) is 5.73 Å². The molecule has 0 aromatic heterocycles. The highest BCUT2D eigenvalue weighted by molar-refractivity contribution is 5.59. The Bertz CT molecular complexity index is 298. The van der Waals surface area contributed by atoms with Crippen molar-refractivity contribution in [2.75, 3.05) is 19.0 Å². The Morgan fingerprint density at radius 3 is 3.15 bits per heavy atom. The van der Waals surface area contributed by atoms with Crippen molar-refractivity contribution in [3.63, 3.8) is 0 Å². The van der Waals surface area contributed by atoms with Crippen molar-refractivity contribution >= 4 is 5.69 Å². The number of nitrogens with one attached hydrogen (secondary N) is 1. The second kappa shape index (κ2) is 3.26. The Labute approximate surface area is 77.9 Å². The van der Waals surface area contributed by atoms with Crippen molar-refractivity contribution < 1.29 is 4.74 Å². The zero-order valence-electron chi connectivity index (χ0n) is 7.71. The molecular formula is C10H14N2O. The monoisotopic (exact) mass is 178 g/mol. The first-order valence-corrected chi connectivity index (χ1v) is 4.46. The molecule has 0 amide bonds. The SMILES string of the molecule is COc1cccc2c1C[C@@H](N)CN2. The zero-order valence-corrected chi connectivity index (χ0v) is 7.71. The van der Waals surface area contributed by atoms with E-state index >= 15 is 0 Å². The average molecular weight is 178 g/mol. The van der Waals surface area contributed by atoms with Crippen molar-refractivity contribution in [1.29, 1.82) is 0 Å². The lowest BCUT2D eigenvalue weighted by Gasteiger charge is -2.24. The van der Waals surface area contributed by atoms with Crippen LogP contribution in [0.1, 0.15) is 5.56 Å². The van der Waals surface area contributed by atoms with Gasteiger partial charge in [0.1, 0.15) is 5.75 Å². The Morgan fingerprint density at radius 2 is 2.38 bits per heavy atom. The van der Waals surface area contributed by atoms with Crippen LogP contribution in [0.5, 0.6) is 5.75 Å². The maximum Gasteiger partial charge on any atom is 0.124 e. The van der Waals surface area contributed by atoms with E-state index in [0.717, 1.165) is 24.4 Å². The fourth-order valence-corrected chi connectivity index (χ4v) is 1.71. The molecular weight excluding hydrogens is 164 g/mol. The van der Waals surface area contributed by atoms with Crippen molar-refractivity contribution in [3.05, 3.63) is 23.8 Å². The number of hydrogen-bond acceptors (Lipinski definition) is 3. The number of fused-ring (bicyclic) bond motifs is 1. The highest BCUT2D eigenvalue weighted by Gasteiger charge is 2.17. The van der Waals surface area contributed by atoms with Gasteiger partial charge in [-0.3, -0.25) is 0 Å². The van der Waals surface area contributed by atoms with Gasteiger partial charge >= 0.3 is 0 Å². The summed E-state index contributed by atoms with van der Waals surface area (Å²) in [5.41, 5.74) is 8.21. The van der Waals surface area contributed by atoms with Crippen LogP contribution in [-0.4, -0.2) is 19.7 Å². The fourth-order valence-electron chi connectivity index (χ4n) is 1.71. The van der Waals surface area contributed by atoms with Gasteiger partial charge in [-0.25, -0.2) is 0 Å². The standard InChI is InChI=1S/C10H14N2O/c1-13-10-4-2-3-9-8(10)5-7(11)6-12-9/h2-4,7,12H,5-6,11H2,1H3/t7-/m1/s1. The summed E-state index contributed by atoms with van der Waals surface area (Å²) >= 11 is 0. The van der Waals surface area contributed by atoms with E-state index in [4.69, 9.17) is 10.5 Å². The van der Waals surface area contributed by atoms with E-state index in [2.05, 4.69) is 11.4 Å². The van der Waals surface area contributed by atoms with Gasteiger partial charge in [-0.2, -0.15) is 0 Å². The normalized spacial score (nSPS) is 20.3. The second-order valence-electron chi connectivity index (χ2n) is 3.33. The van der Waals surface area contributed by atoms with Gasteiger partial charge in [0, 0.05) is 23.8 Å². The fraction of sp³-hybridized carbons (Fsp3) is 0.400. The molecule has 0 unspecified atom stereocenters. The molecule has 3 nitrogen and oxygen atoms in total. The summed E-state index contributed by atoms with van der Waals surface area (Å²) in [5, 5.41) is 3.28. The molecule has 1 aromatic carbocycles. The summed E-state index contributed by atoms with van der Waals surface area (Å²) in [6, 6.07) is 6.22. The minimum atomic E-state index is 0.198. The van der Waals surface area contributed by atoms with E-state index in [1.165, 1.54) is 5.56 Å². The van der Waals surface area contributed by atoms with Gasteiger partial charge < -0.3 is 15.8 Å². The summed E-state index contributed by atoms with van der Waals surface area (Å²) in [6.07, 6.45) is 0.895. The van der Waals surface area contributed by atoms with E-state index in [-0.39, 0.29) is 6.04 Å². The molecule has 1 heterocycles. The van der Waals surface area contributed by atoms with Crippen LogP contribution in [0.2, 0.25) is 0 Å². The maximum absolute atomic E-state index is 5.86. The molecule has 0 saturated carbocycles. The first-order valence-electron chi connectivity index (χ1n) is 4.46. The predicted octanol–water partition coefficient (Wildman–Crippen LogP) is 0.990. The van der Waals surface area contributed by atoms with Gasteiger partial charge in [0.2, 0.25) is 0 Å². The van der Waals surface area contributed by atoms with Gasteiger partial charge in [0.05, 0.1) is 7.11 Å². The zero-order chi connectivity index (χ0) is 9.26. The van der Waals surface area contributed by atoms with Gasteiger partial charge in [0.25, 0.3) is 0 Å². The Balaban J connectivity index is 2.41. The number of methoxy groups -OCH3 is 1. The molecule has 3 N–H and O–H groups in total. The second-order valence-corrected chi connectivity index (χ2v) is 3.33. The van der Waals surface area contributed by atoms with Crippen LogP contribution in [0.4, 0.5) is 5.69 Å².